The Morgan fingerprint density at radius 2 is 2.10 bits per heavy atom. The van der Waals surface area contributed by atoms with E-state index in [1.165, 1.54) is 11.1 Å². The van der Waals surface area contributed by atoms with Crippen molar-refractivity contribution in [2.24, 2.45) is 0 Å². The highest BCUT2D eigenvalue weighted by Gasteiger charge is 2.09. The van der Waals surface area contributed by atoms with Crippen LogP contribution in [0.2, 0.25) is 0 Å². The van der Waals surface area contributed by atoms with Crippen molar-refractivity contribution in [1.82, 2.24) is 15.1 Å². The quantitative estimate of drug-likeness (QED) is 0.712. The minimum Gasteiger partial charge on any atom is -0.308 e. The van der Waals surface area contributed by atoms with E-state index in [0.29, 0.717) is 0 Å². The van der Waals surface area contributed by atoms with Crippen LogP contribution < -0.4 is 5.32 Å². The molecule has 1 heterocycles. The number of rotatable bonds is 4. The molecule has 108 valence electrons. The third kappa shape index (κ3) is 4.86. The normalized spacial score (nSPS) is 11.8. The third-order valence-electron chi connectivity index (χ3n) is 2.87. The van der Waals surface area contributed by atoms with Crippen molar-refractivity contribution in [3.8, 4) is 0 Å². The van der Waals surface area contributed by atoms with Gasteiger partial charge in [0.15, 0.2) is 0 Å². The zero-order valence-corrected chi connectivity index (χ0v) is 15.7. The highest BCUT2D eigenvalue weighted by Crippen LogP contribution is 2.20. The molecule has 0 bridgehead atoms. The first-order valence-electron chi connectivity index (χ1n) is 6.54. The van der Waals surface area contributed by atoms with E-state index in [9.17, 15) is 0 Å². The maximum absolute atomic E-state index is 4.32. The van der Waals surface area contributed by atoms with E-state index < -0.39 is 0 Å². The molecule has 1 aromatic heterocycles. The van der Waals surface area contributed by atoms with Crippen LogP contribution in [0.15, 0.2) is 35.1 Å². The molecule has 0 aliphatic carbocycles. The number of halogens is 2. The molecule has 5 heteroatoms. The van der Waals surface area contributed by atoms with Gasteiger partial charge in [0.2, 0.25) is 0 Å². The average Bonchev–Trinajstić information content (AvgIpc) is 2.74. The summed E-state index contributed by atoms with van der Waals surface area (Å²) >= 11 is 5.93. The molecule has 0 saturated heterocycles. The van der Waals surface area contributed by atoms with E-state index in [-0.39, 0.29) is 5.54 Å². The predicted octanol–water partition coefficient (Wildman–Crippen LogP) is 4.19. The van der Waals surface area contributed by atoms with Crippen molar-refractivity contribution in [2.75, 3.05) is 0 Å². The molecule has 1 N–H and O–H groups in total. The van der Waals surface area contributed by atoms with Gasteiger partial charge in [0.25, 0.3) is 0 Å². The Kier molecular flexibility index (Phi) is 5.25. The van der Waals surface area contributed by atoms with Crippen LogP contribution in [0.1, 0.15) is 31.9 Å². The molecule has 0 aliphatic rings. The zero-order chi connectivity index (χ0) is 14.8. The fourth-order valence-corrected chi connectivity index (χ4v) is 2.79. The summed E-state index contributed by atoms with van der Waals surface area (Å²) in [6, 6.07) is 6.52. The van der Waals surface area contributed by atoms with Crippen LogP contribution in [0.25, 0.3) is 0 Å². The standard InChI is InChI=1S/C15H19BrIN3/c1-15(2,3)18-7-11-4-5-12(14(16)6-11)9-20-10-13(17)8-19-20/h4-6,8,10,18H,7,9H2,1-3H3. The molecular formula is C15H19BrIN3. The topological polar surface area (TPSA) is 29.9 Å². The molecule has 0 amide bonds. The molecule has 2 rings (SSSR count). The molecule has 2 aromatic rings. The number of nitrogens with zero attached hydrogens (tertiary/aromatic N) is 2. The second-order valence-corrected chi connectivity index (χ2v) is 7.99. The molecule has 0 atom stereocenters. The molecule has 0 radical (unpaired) electrons. The van der Waals surface area contributed by atoms with Crippen molar-refractivity contribution in [3.05, 3.63) is 49.8 Å². The van der Waals surface area contributed by atoms with E-state index in [1.807, 2.05) is 17.1 Å². The number of nitrogens with one attached hydrogen (secondary N) is 1. The van der Waals surface area contributed by atoms with E-state index in [1.54, 1.807) is 0 Å². The maximum Gasteiger partial charge on any atom is 0.0670 e. The Balaban J connectivity index is 2.06. The van der Waals surface area contributed by atoms with Crippen LogP contribution in [0.4, 0.5) is 0 Å². The molecule has 0 unspecified atom stereocenters. The number of hydrogen-bond acceptors (Lipinski definition) is 2. The van der Waals surface area contributed by atoms with E-state index >= 15 is 0 Å². The summed E-state index contributed by atoms with van der Waals surface area (Å²) in [5.74, 6) is 0. The second kappa shape index (κ2) is 6.58. The number of hydrogen-bond donors (Lipinski definition) is 1. The van der Waals surface area contributed by atoms with E-state index in [4.69, 9.17) is 0 Å². The SMILES string of the molecule is CC(C)(C)NCc1ccc(Cn2cc(I)cn2)c(Br)c1. The third-order valence-corrected chi connectivity index (χ3v) is 4.17. The van der Waals surface area contributed by atoms with Gasteiger partial charge in [0, 0.05) is 22.8 Å². The van der Waals surface area contributed by atoms with Crippen molar-refractivity contribution in [3.63, 3.8) is 0 Å². The molecular weight excluding hydrogens is 429 g/mol. The monoisotopic (exact) mass is 447 g/mol. The zero-order valence-electron chi connectivity index (χ0n) is 12.0. The lowest BCUT2D eigenvalue weighted by molar-refractivity contribution is 0.424. The largest absolute Gasteiger partial charge is 0.308 e. The summed E-state index contributed by atoms with van der Waals surface area (Å²) in [7, 11) is 0. The summed E-state index contributed by atoms with van der Waals surface area (Å²) < 4.78 is 4.25. The minimum absolute atomic E-state index is 0.136. The Bertz CT molecular complexity index is 587. The van der Waals surface area contributed by atoms with Crippen molar-refractivity contribution in [1.29, 1.82) is 0 Å². The lowest BCUT2D eigenvalue weighted by Crippen LogP contribution is -2.35. The van der Waals surface area contributed by atoms with Crippen LogP contribution in [0, 0.1) is 3.57 Å². The van der Waals surface area contributed by atoms with Gasteiger partial charge < -0.3 is 5.32 Å². The van der Waals surface area contributed by atoms with Gasteiger partial charge in [-0.05, 0) is 60.6 Å². The summed E-state index contributed by atoms with van der Waals surface area (Å²) in [5, 5.41) is 7.82. The van der Waals surface area contributed by atoms with E-state index in [0.717, 1.165) is 21.1 Å². The summed E-state index contributed by atoms with van der Waals surface area (Å²) in [6.45, 7) is 8.19. The van der Waals surface area contributed by atoms with Gasteiger partial charge in [-0.25, -0.2) is 0 Å². The lowest BCUT2D eigenvalue weighted by Gasteiger charge is -2.20. The van der Waals surface area contributed by atoms with E-state index in [2.05, 4.69) is 87.9 Å². The van der Waals surface area contributed by atoms with Gasteiger partial charge in [-0.3, -0.25) is 4.68 Å². The molecule has 0 fully saturated rings. The molecule has 0 spiro atoms. The lowest BCUT2D eigenvalue weighted by atomic mass is 10.1. The number of benzene rings is 1. The first-order valence-corrected chi connectivity index (χ1v) is 8.41. The predicted molar refractivity (Wildman–Crippen MR) is 94.8 cm³/mol. The van der Waals surface area contributed by atoms with Gasteiger partial charge in [0.05, 0.1) is 16.3 Å². The Morgan fingerprint density at radius 1 is 1.35 bits per heavy atom. The fraction of sp³-hybridized carbons (Fsp3) is 0.400. The first-order chi connectivity index (χ1) is 9.33. The highest BCUT2D eigenvalue weighted by molar-refractivity contribution is 14.1. The first kappa shape index (κ1) is 16.0. The van der Waals surface area contributed by atoms with Crippen LogP contribution >= 0.6 is 38.5 Å². The summed E-state index contributed by atoms with van der Waals surface area (Å²) in [6.07, 6.45) is 3.91. The van der Waals surface area contributed by atoms with Gasteiger partial charge in [-0.1, -0.05) is 28.1 Å². The van der Waals surface area contributed by atoms with Gasteiger partial charge >= 0.3 is 0 Å². The van der Waals surface area contributed by atoms with Crippen LogP contribution in [0.5, 0.6) is 0 Å². The van der Waals surface area contributed by atoms with Crippen LogP contribution in [-0.4, -0.2) is 15.3 Å². The summed E-state index contributed by atoms with van der Waals surface area (Å²) in [5.41, 5.74) is 2.66. The van der Waals surface area contributed by atoms with Crippen LogP contribution in [-0.2, 0) is 13.1 Å². The fourth-order valence-electron chi connectivity index (χ4n) is 1.80. The maximum atomic E-state index is 4.32. The minimum atomic E-state index is 0.136. The highest BCUT2D eigenvalue weighted by atomic mass is 127. The van der Waals surface area contributed by atoms with Crippen molar-refractivity contribution < 1.29 is 0 Å². The van der Waals surface area contributed by atoms with Crippen molar-refractivity contribution in [2.45, 2.75) is 39.4 Å². The summed E-state index contributed by atoms with van der Waals surface area (Å²) in [4.78, 5) is 0. The Morgan fingerprint density at radius 3 is 2.65 bits per heavy atom. The molecule has 0 saturated carbocycles. The molecule has 3 nitrogen and oxygen atoms in total. The molecule has 0 aliphatic heterocycles. The smallest absolute Gasteiger partial charge is 0.0670 e. The van der Waals surface area contributed by atoms with Gasteiger partial charge in [-0.15, -0.1) is 0 Å². The number of aromatic nitrogens is 2. The van der Waals surface area contributed by atoms with Gasteiger partial charge in [0.1, 0.15) is 0 Å². The average molecular weight is 448 g/mol. The van der Waals surface area contributed by atoms with Gasteiger partial charge in [-0.2, -0.15) is 5.10 Å². The van der Waals surface area contributed by atoms with Crippen LogP contribution in [0.3, 0.4) is 0 Å². The Hall–Kier alpha value is -0.400. The molecule has 20 heavy (non-hydrogen) atoms. The molecule has 1 aromatic carbocycles. The second-order valence-electron chi connectivity index (χ2n) is 5.89. The van der Waals surface area contributed by atoms with Crippen molar-refractivity contribution >= 4 is 38.5 Å². The Labute approximate surface area is 142 Å².